The molecule has 6 nitrogen and oxygen atoms in total. The van der Waals surface area contributed by atoms with Crippen LogP contribution < -0.4 is 0 Å². The number of hydrogen-bond donors (Lipinski definition) is 0. The van der Waals surface area contributed by atoms with E-state index in [-0.39, 0.29) is 5.91 Å². The van der Waals surface area contributed by atoms with Gasteiger partial charge in [0.2, 0.25) is 0 Å². The summed E-state index contributed by atoms with van der Waals surface area (Å²) in [5, 5.41) is 8.39. The fourth-order valence-electron chi connectivity index (χ4n) is 3.64. The minimum absolute atomic E-state index is 0.0357. The normalized spacial score (nSPS) is 14.9. The first kappa shape index (κ1) is 19.8. The molecule has 0 aliphatic carbocycles. The Morgan fingerprint density at radius 1 is 1.03 bits per heavy atom. The standard InChI is InChI=1S/C22H24BrN5O/c1-17-21(24-25-28(17)20-9-5-8-19(23)16-20)22(29)27-14-12-26(13-15-27)11-10-18-6-3-2-4-7-18/h2-9,16H,10-15H2,1H3. The van der Waals surface area contributed by atoms with Gasteiger partial charge >= 0.3 is 0 Å². The second kappa shape index (κ2) is 8.88. The second-order valence-electron chi connectivity index (χ2n) is 7.28. The van der Waals surface area contributed by atoms with E-state index in [2.05, 4.69) is 55.4 Å². The smallest absolute Gasteiger partial charge is 0.276 e. The van der Waals surface area contributed by atoms with Crippen molar-refractivity contribution in [1.29, 1.82) is 0 Å². The van der Waals surface area contributed by atoms with Gasteiger partial charge in [-0.1, -0.05) is 57.5 Å². The molecule has 0 unspecified atom stereocenters. The highest BCUT2D eigenvalue weighted by atomic mass is 79.9. The molecule has 1 saturated heterocycles. The fourth-order valence-corrected chi connectivity index (χ4v) is 4.02. The first-order chi connectivity index (χ1) is 14.1. The molecule has 2 aromatic carbocycles. The third-order valence-corrected chi connectivity index (χ3v) is 5.86. The van der Waals surface area contributed by atoms with Crippen LogP contribution in [0.2, 0.25) is 0 Å². The summed E-state index contributed by atoms with van der Waals surface area (Å²) in [5.41, 5.74) is 3.43. The number of aromatic nitrogens is 3. The van der Waals surface area contributed by atoms with Gasteiger partial charge in [0.05, 0.1) is 11.4 Å². The number of nitrogens with zero attached hydrogens (tertiary/aromatic N) is 5. The van der Waals surface area contributed by atoms with Gasteiger partial charge in [0, 0.05) is 37.2 Å². The molecule has 29 heavy (non-hydrogen) atoms. The molecule has 3 aromatic rings. The highest BCUT2D eigenvalue weighted by Crippen LogP contribution is 2.18. The van der Waals surface area contributed by atoms with E-state index in [4.69, 9.17) is 0 Å². The average molecular weight is 454 g/mol. The lowest BCUT2D eigenvalue weighted by Crippen LogP contribution is -2.49. The summed E-state index contributed by atoms with van der Waals surface area (Å²) in [7, 11) is 0. The molecule has 1 amide bonds. The van der Waals surface area contributed by atoms with E-state index in [1.807, 2.05) is 42.2 Å². The lowest BCUT2D eigenvalue weighted by Gasteiger charge is -2.34. The molecule has 7 heteroatoms. The van der Waals surface area contributed by atoms with Crippen molar-refractivity contribution in [2.45, 2.75) is 13.3 Å². The number of piperazine rings is 1. The molecule has 0 N–H and O–H groups in total. The Hall–Kier alpha value is -2.51. The number of carbonyl (C=O) groups is 1. The minimum atomic E-state index is -0.0357. The van der Waals surface area contributed by atoms with Crippen LogP contribution in [0.4, 0.5) is 0 Å². The van der Waals surface area contributed by atoms with E-state index >= 15 is 0 Å². The topological polar surface area (TPSA) is 54.3 Å². The summed E-state index contributed by atoms with van der Waals surface area (Å²) in [5.74, 6) is -0.0357. The van der Waals surface area contributed by atoms with Crippen molar-refractivity contribution in [1.82, 2.24) is 24.8 Å². The van der Waals surface area contributed by atoms with Gasteiger partial charge < -0.3 is 4.90 Å². The van der Waals surface area contributed by atoms with Crippen LogP contribution in [0.3, 0.4) is 0 Å². The maximum absolute atomic E-state index is 13.0. The van der Waals surface area contributed by atoms with Crippen molar-refractivity contribution < 1.29 is 4.79 Å². The summed E-state index contributed by atoms with van der Waals surface area (Å²) in [6.07, 6.45) is 1.04. The Kier molecular flexibility index (Phi) is 6.06. The Balaban J connectivity index is 1.36. The van der Waals surface area contributed by atoms with E-state index in [1.165, 1.54) is 5.56 Å². The van der Waals surface area contributed by atoms with Gasteiger partial charge in [-0.25, -0.2) is 4.68 Å². The quantitative estimate of drug-likeness (QED) is 0.594. The number of hydrogen-bond acceptors (Lipinski definition) is 4. The van der Waals surface area contributed by atoms with Gasteiger partial charge in [-0.15, -0.1) is 5.10 Å². The summed E-state index contributed by atoms with van der Waals surface area (Å²) in [4.78, 5) is 17.3. The molecule has 0 saturated carbocycles. The third kappa shape index (κ3) is 4.57. The summed E-state index contributed by atoms with van der Waals surface area (Å²) < 4.78 is 2.68. The highest BCUT2D eigenvalue weighted by molar-refractivity contribution is 9.10. The molecular weight excluding hydrogens is 430 g/mol. The van der Waals surface area contributed by atoms with Gasteiger partial charge in [0.1, 0.15) is 0 Å². The molecule has 1 fully saturated rings. The van der Waals surface area contributed by atoms with Crippen LogP contribution in [0.5, 0.6) is 0 Å². The zero-order chi connectivity index (χ0) is 20.2. The van der Waals surface area contributed by atoms with Crippen molar-refractivity contribution >= 4 is 21.8 Å². The molecule has 1 aliphatic rings. The van der Waals surface area contributed by atoms with Crippen molar-refractivity contribution in [2.75, 3.05) is 32.7 Å². The van der Waals surface area contributed by atoms with Gasteiger partial charge in [-0.2, -0.15) is 0 Å². The van der Waals surface area contributed by atoms with E-state index in [1.54, 1.807) is 4.68 Å². The SMILES string of the molecule is Cc1c(C(=O)N2CCN(CCc3ccccc3)CC2)nnn1-c1cccc(Br)c1. The number of benzene rings is 2. The maximum Gasteiger partial charge on any atom is 0.276 e. The lowest BCUT2D eigenvalue weighted by atomic mass is 10.1. The van der Waals surface area contributed by atoms with Crippen molar-refractivity contribution in [3.05, 3.63) is 76.0 Å². The Morgan fingerprint density at radius 3 is 2.52 bits per heavy atom. The summed E-state index contributed by atoms with van der Waals surface area (Å²) in [6.45, 7) is 6.12. The van der Waals surface area contributed by atoms with Gasteiger partial charge in [0.25, 0.3) is 5.91 Å². The van der Waals surface area contributed by atoms with Gasteiger partial charge in [-0.05, 0) is 37.1 Å². The molecule has 0 bridgehead atoms. The first-order valence-electron chi connectivity index (χ1n) is 9.85. The van der Waals surface area contributed by atoms with Crippen LogP contribution in [0.25, 0.3) is 5.69 Å². The van der Waals surface area contributed by atoms with Gasteiger partial charge in [0.15, 0.2) is 5.69 Å². The molecule has 150 valence electrons. The van der Waals surface area contributed by atoms with Crippen LogP contribution >= 0.6 is 15.9 Å². The minimum Gasteiger partial charge on any atom is -0.335 e. The monoisotopic (exact) mass is 453 g/mol. The van der Waals surface area contributed by atoms with Crippen LogP contribution in [-0.2, 0) is 6.42 Å². The average Bonchev–Trinajstić information content (AvgIpc) is 3.14. The zero-order valence-electron chi connectivity index (χ0n) is 16.5. The van der Waals surface area contributed by atoms with E-state index in [0.29, 0.717) is 5.69 Å². The Bertz CT molecular complexity index is 980. The summed E-state index contributed by atoms with van der Waals surface area (Å²) >= 11 is 3.47. The maximum atomic E-state index is 13.0. The molecule has 1 aliphatic heterocycles. The second-order valence-corrected chi connectivity index (χ2v) is 8.20. The van der Waals surface area contributed by atoms with Crippen molar-refractivity contribution in [3.63, 3.8) is 0 Å². The molecule has 0 spiro atoms. The first-order valence-corrected chi connectivity index (χ1v) is 10.6. The van der Waals surface area contributed by atoms with E-state index < -0.39 is 0 Å². The number of carbonyl (C=O) groups excluding carboxylic acids is 1. The van der Waals surface area contributed by atoms with Crippen LogP contribution in [0.15, 0.2) is 59.1 Å². The van der Waals surface area contributed by atoms with E-state index in [9.17, 15) is 4.79 Å². The Labute approximate surface area is 179 Å². The molecule has 0 radical (unpaired) electrons. The predicted molar refractivity (Wildman–Crippen MR) is 116 cm³/mol. The van der Waals surface area contributed by atoms with E-state index in [0.717, 1.165) is 55.0 Å². The lowest BCUT2D eigenvalue weighted by molar-refractivity contribution is 0.0632. The van der Waals surface area contributed by atoms with Gasteiger partial charge in [-0.3, -0.25) is 9.69 Å². The van der Waals surface area contributed by atoms with Crippen LogP contribution in [0, 0.1) is 6.92 Å². The zero-order valence-corrected chi connectivity index (χ0v) is 18.0. The molecule has 2 heterocycles. The number of rotatable bonds is 5. The molecular formula is C22H24BrN5O. The predicted octanol–water partition coefficient (Wildman–Crippen LogP) is 3.34. The Morgan fingerprint density at radius 2 is 1.79 bits per heavy atom. The number of halogens is 1. The van der Waals surface area contributed by atoms with Crippen molar-refractivity contribution in [3.8, 4) is 5.69 Å². The molecule has 0 atom stereocenters. The molecule has 4 rings (SSSR count). The van der Waals surface area contributed by atoms with Crippen molar-refractivity contribution in [2.24, 2.45) is 0 Å². The molecule has 1 aromatic heterocycles. The van der Waals surface area contributed by atoms with Crippen LogP contribution in [0.1, 0.15) is 21.7 Å². The third-order valence-electron chi connectivity index (χ3n) is 5.37. The van der Waals surface area contributed by atoms with Crippen LogP contribution in [-0.4, -0.2) is 63.4 Å². The highest BCUT2D eigenvalue weighted by Gasteiger charge is 2.26. The number of amides is 1. The summed E-state index contributed by atoms with van der Waals surface area (Å²) in [6, 6.07) is 18.3. The largest absolute Gasteiger partial charge is 0.335 e. The fraction of sp³-hybridized carbons (Fsp3) is 0.318.